The van der Waals surface area contributed by atoms with E-state index in [0.29, 0.717) is 0 Å². The van der Waals surface area contributed by atoms with Gasteiger partial charge in [-0.2, -0.15) is 0 Å². The first-order valence-corrected chi connectivity index (χ1v) is 12.0. The van der Waals surface area contributed by atoms with E-state index in [2.05, 4.69) is 69.0 Å². The monoisotopic (exact) mass is 446 g/mol. The lowest BCUT2D eigenvalue weighted by molar-refractivity contribution is 1.16. The minimum absolute atomic E-state index is 0.956. The first-order chi connectivity index (χ1) is 17.4. The molecule has 4 nitrogen and oxygen atoms in total. The van der Waals surface area contributed by atoms with Gasteiger partial charge in [-0.1, -0.05) is 48.5 Å². The van der Waals surface area contributed by atoms with Crippen LogP contribution in [-0.4, -0.2) is 19.4 Å². The van der Waals surface area contributed by atoms with Gasteiger partial charge in [0.2, 0.25) is 0 Å². The quantitative estimate of drug-likeness (QED) is 0.243. The molecule has 0 aliphatic heterocycles. The lowest BCUT2D eigenvalue weighted by Gasteiger charge is -2.13. The SMILES string of the molecule is c1ccc2c(c1)Cc1c-2ccc2c1Cc1ccc3c4ccncc4n4c5cnccc5nc4c3c1-2. The van der Waals surface area contributed by atoms with Crippen LogP contribution < -0.4 is 0 Å². The molecule has 0 amide bonds. The van der Waals surface area contributed by atoms with Gasteiger partial charge in [-0.05, 0) is 74.9 Å². The molecule has 0 radical (unpaired) electrons. The summed E-state index contributed by atoms with van der Waals surface area (Å²) in [5.41, 5.74) is 15.3. The molecule has 0 atom stereocenters. The zero-order chi connectivity index (χ0) is 22.7. The molecular formula is C31H18N4. The summed E-state index contributed by atoms with van der Waals surface area (Å²) in [6.45, 7) is 0. The smallest absolute Gasteiger partial charge is 0.147 e. The molecule has 35 heavy (non-hydrogen) atoms. The average Bonchev–Trinajstić information content (AvgIpc) is 3.59. The zero-order valence-electron chi connectivity index (χ0n) is 18.8. The van der Waals surface area contributed by atoms with Crippen LogP contribution in [0.2, 0.25) is 0 Å². The van der Waals surface area contributed by atoms with Gasteiger partial charge in [0.1, 0.15) is 5.65 Å². The number of pyridine rings is 3. The number of nitrogens with zero attached hydrogens (tertiary/aromatic N) is 4. The third-order valence-corrected chi connectivity index (χ3v) is 8.05. The summed E-state index contributed by atoms with van der Waals surface area (Å²) in [5, 5.41) is 3.65. The van der Waals surface area contributed by atoms with Gasteiger partial charge in [0.25, 0.3) is 0 Å². The number of benzene rings is 3. The molecule has 0 fully saturated rings. The summed E-state index contributed by atoms with van der Waals surface area (Å²) in [6, 6.07) is 22.3. The largest absolute Gasteiger partial charge is 0.289 e. The van der Waals surface area contributed by atoms with E-state index < -0.39 is 0 Å². The Kier molecular flexibility index (Phi) is 3.11. The third-order valence-electron chi connectivity index (χ3n) is 8.05. The van der Waals surface area contributed by atoms with Gasteiger partial charge in [-0.15, -0.1) is 0 Å². The average molecular weight is 447 g/mol. The molecule has 0 unspecified atom stereocenters. The Balaban J connectivity index is 1.45. The van der Waals surface area contributed by atoms with Crippen LogP contribution in [-0.2, 0) is 12.8 Å². The summed E-state index contributed by atoms with van der Waals surface area (Å²) < 4.78 is 2.24. The molecule has 0 N–H and O–H groups in total. The van der Waals surface area contributed by atoms with Crippen molar-refractivity contribution in [2.24, 2.45) is 0 Å². The maximum absolute atomic E-state index is 5.14. The molecular weight excluding hydrogens is 428 g/mol. The van der Waals surface area contributed by atoms with Crippen LogP contribution in [0.4, 0.5) is 0 Å². The molecule has 9 rings (SSSR count). The van der Waals surface area contributed by atoms with E-state index in [9.17, 15) is 0 Å². The molecule has 0 bridgehead atoms. The standard InChI is InChI=1S/C31H18N4/c1-2-4-19-17(3-1)13-24-20(19)7-8-23-25(24)14-18-5-6-22-21-9-11-32-15-27(21)35-28-16-33-12-10-26(28)34-31(35)30(22)29(18)23/h1-12,15-16H,13-14H2. The van der Waals surface area contributed by atoms with E-state index in [1.165, 1.54) is 60.7 Å². The van der Waals surface area contributed by atoms with Crippen LogP contribution in [0.25, 0.3) is 60.6 Å². The molecule has 4 aromatic heterocycles. The maximum Gasteiger partial charge on any atom is 0.147 e. The Hall–Kier alpha value is -4.57. The molecule has 0 saturated carbocycles. The molecule has 3 aromatic carbocycles. The van der Waals surface area contributed by atoms with Gasteiger partial charge in [0.05, 0.1) is 28.9 Å². The van der Waals surface area contributed by atoms with Gasteiger partial charge in [-0.25, -0.2) is 4.98 Å². The van der Waals surface area contributed by atoms with Crippen molar-refractivity contribution < 1.29 is 0 Å². The number of fused-ring (bicyclic) bond motifs is 16. The van der Waals surface area contributed by atoms with Crippen LogP contribution >= 0.6 is 0 Å². The Morgan fingerprint density at radius 3 is 2.40 bits per heavy atom. The van der Waals surface area contributed by atoms with Crippen molar-refractivity contribution in [2.45, 2.75) is 12.8 Å². The molecule has 162 valence electrons. The summed E-state index contributed by atoms with van der Waals surface area (Å²) in [5.74, 6) is 0. The highest BCUT2D eigenvalue weighted by molar-refractivity contribution is 6.19. The molecule has 7 aromatic rings. The number of hydrogen-bond acceptors (Lipinski definition) is 3. The van der Waals surface area contributed by atoms with Gasteiger partial charge >= 0.3 is 0 Å². The van der Waals surface area contributed by atoms with Crippen molar-refractivity contribution in [3.8, 4) is 22.3 Å². The van der Waals surface area contributed by atoms with E-state index in [1.54, 1.807) is 0 Å². The first-order valence-electron chi connectivity index (χ1n) is 12.0. The van der Waals surface area contributed by atoms with Gasteiger partial charge in [0.15, 0.2) is 0 Å². The number of rotatable bonds is 0. The van der Waals surface area contributed by atoms with Crippen molar-refractivity contribution in [3.63, 3.8) is 0 Å². The second-order valence-corrected chi connectivity index (χ2v) is 9.68. The highest BCUT2D eigenvalue weighted by Crippen LogP contribution is 2.49. The van der Waals surface area contributed by atoms with Crippen molar-refractivity contribution >= 4 is 38.4 Å². The second kappa shape index (κ2) is 6.10. The molecule has 0 saturated heterocycles. The van der Waals surface area contributed by atoms with Crippen LogP contribution in [0.15, 0.2) is 85.5 Å². The van der Waals surface area contributed by atoms with Crippen LogP contribution in [0.3, 0.4) is 0 Å². The summed E-state index contributed by atoms with van der Waals surface area (Å²) >= 11 is 0. The summed E-state index contributed by atoms with van der Waals surface area (Å²) in [7, 11) is 0. The van der Waals surface area contributed by atoms with E-state index >= 15 is 0 Å². The molecule has 4 heteroatoms. The fourth-order valence-corrected chi connectivity index (χ4v) is 6.59. The van der Waals surface area contributed by atoms with E-state index in [4.69, 9.17) is 4.98 Å². The van der Waals surface area contributed by atoms with Crippen molar-refractivity contribution in [2.75, 3.05) is 0 Å². The van der Waals surface area contributed by atoms with Crippen LogP contribution in [0.5, 0.6) is 0 Å². The van der Waals surface area contributed by atoms with E-state index in [0.717, 1.165) is 35.0 Å². The minimum Gasteiger partial charge on any atom is -0.289 e. The molecule has 2 aliphatic rings. The Morgan fingerprint density at radius 2 is 1.43 bits per heavy atom. The topological polar surface area (TPSA) is 43.1 Å². The predicted molar refractivity (Wildman–Crippen MR) is 140 cm³/mol. The third kappa shape index (κ3) is 2.11. The summed E-state index contributed by atoms with van der Waals surface area (Å²) in [4.78, 5) is 14.0. The van der Waals surface area contributed by atoms with Crippen molar-refractivity contribution in [1.29, 1.82) is 0 Å². The highest BCUT2D eigenvalue weighted by atomic mass is 15.0. The minimum atomic E-state index is 0.956. The summed E-state index contributed by atoms with van der Waals surface area (Å²) in [6.07, 6.45) is 9.55. The van der Waals surface area contributed by atoms with Crippen LogP contribution in [0, 0.1) is 0 Å². The van der Waals surface area contributed by atoms with Gasteiger partial charge in [-0.3, -0.25) is 14.4 Å². The molecule has 0 spiro atoms. The highest BCUT2D eigenvalue weighted by Gasteiger charge is 2.30. The van der Waals surface area contributed by atoms with Crippen LogP contribution in [0.1, 0.15) is 22.3 Å². The fraction of sp³-hybridized carbons (Fsp3) is 0.0645. The van der Waals surface area contributed by atoms with Gasteiger partial charge < -0.3 is 0 Å². The van der Waals surface area contributed by atoms with Crippen molar-refractivity contribution in [3.05, 3.63) is 108 Å². The Labute approximate surface area is 200 Å². The predicted octanol–water partition coefficient (Wildman–Crippen LogP) is 6.73. The molecule has 4 heterocycles. The lowest BCUT2D eigenvalue weighted by atomic mass is 9.94. The fourth-order valence-electron chi connectivity index (χ4n) is 6.59. The van der Waals surface area contributed by atoms with Gasteiger partial charge in [0, 0.05) is 23.2 Å². The lowest BCUT2D eigenvalue weighted by Crippen LogP contribution is -1.94. The molecule has 2 aliphatic carbocycles. The number of aromatic nitrogens is 4. The maximum atomic E-state index is 5.14. The Bertz CT molecular complexity index is 2070. The second-order valence-electron chi connectivity index (χ2n) is 9.68. The van der Waals surface area contributed by atoms with E-state index in [1.807, 2.05) is 30.9 Å². The number of hydrogen-bond donors (Lipinski definition) is 0. The number of imidazole rings is 1. The Morgan fingerprint density at radius 1 is 0.629 bits per heavy atom. The normalized spacial score (nSPS) is 13.5. The first kappa shape index (κ1) is 17.8. The van der Waals surface area contributed by atoms with Crippen molar-refractivity contribution in [1.82, 2.24) is 19.4 Å². The zero-order valence-corrected chi connectivity index (χ0v) is 18.8. The van der Waals surface area contributed by atoms with E-state index in [-0.39, 0.29) is 0 Å².